The SMILES string of the molecule is O=C1NC(CCC(=O)N2CC(c3ccc(N4CCC5(C4)CC5(F)F)nc3)C2)CO1. The minimum atomic E-state index is -2.51. The van der Waals surface area contributed by atoms with Crippen LogP contribution in [0.3, 0.4) is 0 Å². The van der Waals surface area contributed by atoms with Crippen LogP contribution in [0.4, 0.5) is 19.4 Å². The van der Waals surface area contributed by atoms with Crippen molar-refractivity contribution in [1.29, 1.82) is 0 Å². The van der Waals surface area contributed by atoms with Gasteiger partial charge < -0.3 is 19.9 Å². The molecule has 1 aromatic rings. The predicted octanol–water partition coefficient (Wildman–Crippen LogP) is 2.13. The van der Waals surface area contributed by atoms with Crippen molar-refractivity contribution < 1.29 is 23.1 Å². The van der Waals surface area contributed by atoms with E-state index in [1.54, 1.807) is 0 Å². The molecule has 1 spiro atoms. The van der Waals surface area contributed by atoms with Gasteiger partial charge >= 0.3 is 6.09 Å². The Morgan fingerprint density at radius 1 is 1.34 bits per heavy atom. The molecular weight excluding hydrogens is 382 g/mol. The van der Waals surface area contributed by atoms with Gasteiger partial charge in [0.15, 0.2) is 0 Å². The van der Waals surface area contributed by atoms with E-state index in [2.05, 4.69) is 10.3 Å². The Hall–Kier alpha value is -2.45. The van der Waals surface area contributed by atoms with E-state index in [4.69, 9.17) is 4.74 Å². The Balaban J connectivity index is 1.09. The quantitative estimate of drug-likeness (QED) is 0.811. The summed E-state index contributed by atoms with van der Waals surface area (Å²) in [5, 5.41) is 2.67. The molecule has 3 saturated heterocycles. The topological polar surface area (TPSA) is 74.8 Å². The lowest BCUT2D eigenvalue weighted by atomic mass is 9.92. The van der Waals surface area contributed by atoms with Gasteiger partial charge in [0.05, 0.1) is 11.5 Å². The van der Waals surface area contributed by atoms with Gasteiger partial charge in [-0.2, -0.15) is 0 Å². The van der Waals surface area contributed by atoms with E-state index < -0.39 is 17.4 Å². The molecule has 1 N–H and O–H groups in total. The number of aromatic nitrogens is 1. The van der Waals surface area contributed by atoms with Crippen LogP contribution in [0.5, 0.6) is 0 Å². The molecule has 5 rings (SSSR count). The zero-order valence-corrected chi connectivity index (χ0v) is 16.1. The highest BCUT2D eigenvalue weighted by atomic mass is 19.3. The number of carbonyl (C=O) groups is 2. The number of ether oxygens (including phenoxy) is 1. The molecule has 1 aliphatic carbocycles. The molecule has 3 aliphatic heterocycles. The molecule has 2 atom stereocenters. The standard InChI is InChI=1S/C20H24F2N4O3/c21-20(22)11-19(20)5-6-25(12-19)16-3-1-13(7-23-16)14-8-26(9-14)17(27)4-2-15-10-29-18(28)24-15/h1,3,7,14-15H,2,4-6,8-12H2,(H,24,28). The van der Waals surface area contributed by atoms with E-state index in [1.807, 2.05) is 28.1 Å². The summed E-state index contributed by atoms with van der Waals surface area (Å²) in [4.78, 5) is 31.5. The van der Waals surface area contributed by atoms with Crippen LogP contribution in [0.15, 0.2) is 18.3 Å². The van der Waals surface area contributed by atoms with Crippen molar-refractivity contribution in [1.82, 2.24) is 15.2 Å². The lowest BCUT2D eigenvalue weighted by Gasteiger charge is -2.39. The molecular formula is C20H24F2N4O3. The third kappa shape index (κ3) is 3.30. The average molecular weight is 406 g/mol. The van der Waals surface area contributed by atoms with Gasteiger partial charge in [-0.15, -0.1) is 0 Å². The maximum absolute atomic E-state index is 13.6. The summed E-state index contributed by atoms with van der Waals surface area (Å²) in [6, 6.07) is 3.82. The molecule has 2 unspecified atom stereocenters. The summed E-state index contributed by atoms with van der Waals surface area (Å²) in [5.41, 5.74) is 0.246. The molecule has 4 aliphatic rings. The highest BCUT2D eigenvalue weighted by molar-refractivity contribution is 5.77. The second-order valence-corrected chi connectivity index (χ2v) is 8.76. The van der Waals surface area contributed by atoms with Crippen LogP contribution in [0, 0.1) is 5.41 Å². The predicted molar refractivity (Wildman–Crippen MR) is 99.9 cm³/mol. The number of alkyl carbamates (subject to hydrolysis) is 1. The minimum absolute atomic E-state index is 0.000657. The van der Waals surface area contributed by atoms with Gasteiger partial charge in [0.1, 0.15) is 12.4 Å². The van der Waals surface area contributed by atoms with Gasteiger partial charge in [0, 0.05) is 51.1 Å². The average Bonchev–Trinajstić information content (AvgIpc) is 3.01. The number of hydrogen-bond donors (Lipinski definition) is 1. The third-order valence-corrected chi connectivity index (χ3v) is 6.81. The van der Waals surface area contributed by atoms with E-state index in [9.17, 15) is 18.4 Å². The highest BCUT2D eigenvalue weighted by Crippen LogP contribution is 2.65. The van der Waals surface area contributed by atoms with Crippen LogP contribution in [-0.2, 0) is 9.53 Å². The summed E-state index contributed by atoms with van der Waals surface area (Å²) >= 11 is 0. The first-order chi connectivity index (χ1) is 13.9. The Labute approximate surface area is 167 Å². The maximum Gasteiger partial charge on any atom is 0.407 e. The fraction of sp³-hybridized carbons (Fsp3) is 0.650. The molecule has 0 aromatic carbocycles. The van der Waals surface area contributed by atoms with Crippen molar-refractivity contribution in [3.63, 3.8) is 0 Å². The van der Waals surface area contributed by atoms with Crippen LogP contribution in [-0.4, -0.2) is 66.6 Å². The second kappa shape index (κ2) is 6.53. The van der Waals surface area contributed by atoms with Crippen molar-refractivity contribution in [3.8, 4) is 0 Å². The highest BCUT2D eigenvalue weighted by Gasteiger charge is 2.72. The van der Waals surface area contributed by atoms with Crippen LogP contribution >= 0.6 is 0 Å². The number of alkyl halides is 2. The summed E-state index contributed by atoms with van der Waals surface area (Å²) in [6.07, 6.45) is 2.89. The number of nitrogens with zero attached hydrogens (tertiary/aromatic N) is 3. The van der Waals surface area contributed by atoms with E-state index in [-0.39, 0.29) is 24.3 Å². The fourth-order valence-electron chi connectivity index (χ4n) is 4.65. The van der Waals surface area contributed by atoms with Gasteiger partial charge in [0.2, 0.25) is 5.91 Å². The van der Waals surface area contributed by atoms with Gasteiger partial charge in [-0.1, -0.05) is 6.07 Å². The van der Waals surface area contributed by atoms with Crippen LogP contribution < -0.4 is 10.2 Å². The van der Waals surface area contributed by atoms with E-state index in [0.717, 1.165) is 11.4 Å². The molecule has 9 heteroatoms. The maximum atomic E-state index is 13.6. The van der Waals surface area contributed by atoms with Gasteiger partial charge in [0.25, 0.3) is 5.92 Å². The molecule has 4 fully saturated rings. The van der Waals surface area contributed by atoms with Crippen molar-refractivity contribution in [3.05, 3.63) is 23.9 Å². The van der Waals surface area contributed by atoms with Gasteiger partial charge in [-0.05, 0) is 24.5 Å². The molecule has 0 bridgehead atoms. The van der Waals surface area contributed by atoms with Crippen molar-refractivity contribution >= 4 is 17.8 Å². The molecule has 156 valence electrons. The molecule has 1 aromatic heterocycles. The van der Waals surface area contributed by atoms with Gasteiger partial charge in [-0.3, -0.25) is 4.79 Å². The Morgan fingerprint density at radius 3 is 2.72 bits per heavy atom. The molecule has 0 radical (unpaired) electrons. The Bertz CT molecular complexity index is 828. The summed E-state index contributed by atoms with van der Waals surface area (Å²) < 4.78 is 31.9. The number of likely N-dealkylation sites (tertiary alicyclic amines) is 1. The van der Waals surface area contributed by atoms with Crippen LogP contribution in [0.25, 0.3) is 0 Å². The number of pyridine rings is 1. The third-order valence-electron chi connectivity index (χ3n) is 6.81. The van der Waals surface area contributed by atoms with Crippen molar-refractivity contribution in [2.75, 3.05) is 37.7 Å². The van der Waals surface area contributed by atoms with E-state index in [1.165, 1.54) is 0 Å². The minimum Gasteiger partial charge on any atom is -0.447 e. The summed E-state index contributed by atoms with van der Waals surface area (Å²) in [5.74, 6) is -1.42. The van der Waals surface area contributed by atoms with Crippen molar-refractivity contribution in [2.24, 2.45) is 5.41 Å². The number of cyclic esters (lactones) is 1. The first-order valence-corrected chi connectivity index (χ1v) is 10.2. The largest absolute Gasteiger partial charge is 0.447 e. The van der Waals surface area contributed by atoms with Crippen LogP contribution in [0.2, 0.25) is 0 Å². The summed E-state index contributed by atoms with van der Waals surface area (Å²) in [7, 11) is 0. The first-order valence-electron chi connectivity index (χ1n) is 10.2. The normalized spacial score (nSPS) is 30.3. The summed E-state index contributed by atoms with van der Waals surface area (Å²) in [6.45, 7) is 2.64. The molecule has 1 saturated carbocycles. The lowest BCUT2D eigenvalue weighted by molar-refractivity contribution is -0.135. The van der Waals surface area contributed by atoms with Crippen LogP contribution in [0.1, 0.15) is 37.2 Å². The zero-order valence-electron chi connectivity index (χ0n) is 16.1. The Morgan fingerprint density at radius 2 is 2.14 bits per heavy atom. The molecule has 7 nitrogen and oxygen atoms in total. The fourth-order valence-corrected chi connectivity index (χ4v) is 4.65. The molecule has 4 heterocycles. The number of carbonyl (C=O) groups excluding carboxylic acids is 2. The number of rotatable bonds is 5. The number of hydrogen-bond acceptors (Lipinski definition) is 5. The first kappa shape index (κ1) is 18.6. The number of nitrogens with one attached hydrogen (secondary N) is 1. The van der Waals surface area contributed by atoms with Crippen molar-refractivity contribution in [2.45, 2.75) is 43.6 Å². The zero-order chi connectivity index (χ0) is 20.2. The smallest absolute Gasteiger partial charge is 0.407 e. The molecule has 29 heavy (non-hydrogen) atoms. The van der Waals surface area contributed by atoms with E-state index >= 15 is 0 Å². The lowest BCUT2D eigenvalue weighted by Crippen LogP contribution is -2.48. The Kier molecular flexibility index (Phi) is 4.18. The number of amides is 2. The monoisotopic (exact) mass is 406 g/mol. The number of halogens is 2. The van der Waals surface area contributed by atoms with E-state index in [0.29, 0.717) is 52.0 Å². The van der Waals surface area contributed by atoms with Gasteiger partial charge in [-0.25, -0.2) is 18.6 Å². The number of anilines is 1. The second-order valence-electron chi connectivity index (χ2n) is 8.76. The molecule has 2 amide bonds.